The molecule has 0 aliphatic carbocycles. The lowest BCUT2D eigenvalue weighted by Crippen LogP contribution is -1.94. The summed E-state index contributed by atoms with van der Waals surface area (Å²) in [4.78, 5) is 8.29. The highest BCUT2D eigenvalue weighted by Gasteiger charge is 2.08. The van der Waals surface area contributed by atoms with E-state index in [1.807, 2.05) is 6.07 Å². The van der Waals surface area contributed by atoms with E-state index in [1.54, 1.807) is 36.7 Å². The number of hydrogen-bond donors (Lipinski definition) is 1. The Morgan fingerprint density at radius 2 is 1.82 bits per heavy atom. The number of nitrogens with zero attached hydrogens (tertiary/aromatic N) is 4. The molecule has 0 unspecified atom stereocenters. The van der Waals surface area contributed by atoms with Crippen LogP contribution in [0.3, 0.4) is 0 Å². The summed E-state index contributed by atoms with van der Waals surface area (Å²) in [5, 5.41) is 17.7. The topological polar surface area (TPSA) is 71.8 Å². The van der Waals surface area contributed by atoms with Crippen LogP contribution in [0.4, 0.5) is 0 Å². The molecule has 3 rings (SSSR count). The Morgan fingerprint density at radius 3 is 2.71 bits per heavy atom. The minimum absolute atomic E-state index is 0.137. The highest BCUT2D eigenvalue weighted by Crippen LogP contribution is 2.25. The zero-order valence-corrected chi connectivity index (χ0v) is 8.78. The van der Waals surface area contributed by atoms with E-state index in [0.717, 1.165) is 0 Å². The predicted octanol–water partition coefficient (Wildman–Crippen LogP) is 1.79. The molecule has 0 fully saturated rings. The minimum Gasteiger partial charge on any atom is -0.507 e. The molecule has 0 radical (unpaired) electrons. The Bertz CT molecular complexity index is 684. The fourth-order valence-corrected chi connectivity index (χ4v) is 1.56. The number of para-hydroxylation sites is 1. The van der Waals surface area contributed by atoms with Crippen molar-refractivity contribution in [2.24, 2.45) is 0 Å². The molecule has 2 heterocycles. The maximum absolute atomic E-state index is 9.71. The van der Waals surface area contributed by atoms with Crippen molar-refractivity contribution in [1.82, 2.24) is 20.2 Å². The number of benzene rings is 1. The summed E-state index contributed by atoms with van der Waals surface area (Å²) in [7, 11) is 0. The van der Waals surface area contributed by atoms with Crippen LogP contribution in [0.5, 0.6) is 5.75 Å². The van der Waals surface area contributed by atoms with Gasteiger partial charge in [-0.3, -0.25) is 4.98 Å². The molecule has 0 saturated carbocycles. The monoisotopic (exact) mass is 224 g/mol. The second-order valence-electron chi connectivity index (χ2n) is 3.52. The van der Waals surface area contributed by atoms with Gasteiger partial charge in [0.15, 0.2) is 5.82 Å². The molecule has 2 aromatic heterocycles. The molecule has 1 N–H and O–H groups in total. The summed E-state index contributed by atoms with van der Waals surface area (Å²) in [6, 6.07) is 8.63. The Kier molecular flexibility index (Phi) is 2.15. The first-order valence-electron chi connectivity index (χ1n) is 5.07. The highest BCUT2D eigenvalue weighted by atomic mass is 16.3. The number of pyridine rings is 1. The fourth-order valence-electron chi connectivity index (χ4n) is 1.56. The molecule has 17 heavy (non-hydrogen) atoms. The molecule has 0 amide bonds. The van der Waals surface area contributed by atoms with Crippen LogP contribution < -0.4 is 0 Å². The first-order valence-corrected chi connectivity index (χ1v) is 5.07. The van der Waals surface area contributed by atoms with Gasteiger partial charge in [0.2, 0.25) is 0 Å². The van der Waals surface area contributed by atoms with Gasteiger partial charge in [-0.1, -0.05) is 12.1 Å². The first-order chi connectivity index (χ1) is 8.34. The number of aromatic nitrogens is 4. The standard InChI is InChI=1S/C12H8N4O/c17-11-4-2-1-3-8(11)12-14-10-7-13-6-5-9(10)15-16-12/h1-7,17H. The third-order valence-electron chi connectivity index (χ3n) is 2.40. The van der Waals surface area contributed by atoms with Crippen LogP contribution >= 0.6 is 0 Å². The van der Waals surface area contributed by atoms with Crippen molar-refractivity contribution in [3.8, 4) is 17.1 Å². The summed E-state index contributed by atoms with van der Waals surface area (Å²) in [5.41, 5.74) is 1.89. The van der Waals surface area contributed by atoms with Crippen LogP contribution in [0.15, 0.2) is 42.7 Å². The number of fused-ring (bicyclic) bond motifs is 1. The number of hydrogen-bond acceptors (Lipinski definition) is 5. The largest absolute Gasteiger partial charge is 0.507 e. The third-order valence-corrected chi connectivity index (χ3v) is 2.40. The van der Waals surface area contributed by atoms with Gasteiger partial charge in [-0.2, -0.15) is 0 Å². The van der Waals surface area contributed by atoms with Gasteiger partial charge in [0, 0.05) is 6.20 Å². The van der Waals surface area contributed by atoms with E-state index in [-0.39, 0.29) is 5.75 Å². The molecule has 0 aliphatic heterocycles. The second-order valence-corrected chi connectivity index (χ2v) is 3.52. The smallest absolute Gasteiger partial charge is 0.186 e. The average molecular weight is 224 g/mol. The highest BCUT2D eigenvalue weighted by molar-refractivity contribution is 5.75. The van der Waals surface area contributed by atoms with Crippen molar-refractivity contribution >= 4 is 11.0 Å². The SMILES string of the molecule is Oc1ccccc1-c1nnc2ccncc2n1. The lowest BCUT2D eigenvalue weighted by atomic mass is 10.2. The van der Waals surface area contributed by atoms with Crippen molar-refractivity contribution in [1.29, 1.82) is 0 Å². The van der Waals surface area contributed by atoms with Gasteiger partial charge >= 0.3 is 0 Å². The quantitative estimate of drug-likeness (QED) is 0.682. The lowest BCUT2D eigenvalue weighted by Gasteiger charge is -2.02. The third kappa shape index (κ3) is 1.67. The van der Waals surface area contributed by atoms with Gasteiger partial charge in [-0.05, 0) is 18.2 Å². The van der Waals surface area contributed by atoms with Gasteiger partial charge in [-0.15, -0.1) is 10.2 Å². The molecule has 0 spiro atoms. The van der Waals surface area contributed by atoms with Gasteiger partial charge in [0.25, 0.3) is 0 Å². The van der Waals surface area contributed by atoms with E-state index in [0.29, 0.717) is 22.4 Å². The number of rotatable bonds is 1. The van der Waals surface area contributed by atoms with Gasteiger partial charge in [0.1, 0.15) is 16.8 Å². The maximum atomic E-state index is 9.71. The van der Waals surface area contributed by atoms with Crippen molar-refractivity contribution in [2.45, 2.75) is 0 Å². The summed E-state index contributed by atoms with van der Waals surface area (Å²) in [5.74, 6) is 0.529. The van der Waals surface area contributed by atoms with E-state index in [9.17, 15) is 5.11 Å². The summed E-state index contributed by atoms with van der Waals surface area (Å²) < 4.78 is 0. The van der Waals surface area contributed by atoms with E-state index >= 15 is 0 Å². The molecular formula is C12H8N4O. The average Bonchev–Trinajstić information content (AvgIpc) is 2.39. The zero-order valence-electron chi connectivity index (χ0n) is 8.78. The molecule has 5 nitrogen and oxygen atoms in total. The van der Waals surface area contributed by atoms with E-state index in [2.05, 4.69) is 20.2 Å². The second kappa shape index (κ2) is 3.79. The molecule has 3 aromatic rings. The maximum Gasteiger partial charge on any atom is 0.186 e. The Balaban J connectivity index is 2.22. The minimum atomic E-state index is 0.137. The summed E-state index contributed by atoms with van der Waals surface area (Å²) >= 11 is 0. The Hall–Kier alpha value is -2.56. The zero-order chi connectivity index (χ0) is 11.7. The van der Waals surface area contributed by atoms with Crippen LogP contribution in [0.25, 0.3) is 22.4 Å². The van der Waals surface area contributed by atoms with Crippen molar-refractivity contribution in [3.63, 3.8) is 0 Å². The van der Waals surface area contributed by atoms with Crippen LogP contribution in [0, 0.1) is 0 Å². The van der Waals surface area contributed by atoms with Crippen molar-refractivity contribution in [2.75, 3.05) is 0 Å². The first kappa shape index (κ1) is 9.65. The number of phenolic OH excluding ortho intramolecular Hbond substituents is 1. The van der Waals surface area contributed by atoms with Gasteiger partial charge < -0.3 is 5.11 Å². The lowest BCUT2D eigenvalue weighted by molar-refractivity contribution is 0.477. The normalized spacial score (nSPS) is 10.6. The molecule has 5 heteroatoms. The van der Waals surface area contributed by atoms with Gasteiger partial charge in [0.05, 0.1) is 11.8 Å². The molecular weight excluding hydrogens is 216 g/mol. The van der Waals surface area contributed by atoms with Crippen LogP contribution in [-0.2, 0) is 0 Å². The van der Waals surface area contributed by atoms with E-state index in [1.165, 1.54) is 0 Å². The van der Waals surface area contributed by atoms with Gasteiger partial charge in [-0.25, -0.2) is 4.98 Å². The summed E-state index contributed by atoms with van der Waals surface area (Å²) in [6.45, 7) is 0. The fraction of sp³-hybridized carbons (Fsp3) is 0. The molecule has 82 valence electrons. The predicted molar refractivity (Wildman–Crippen MR) is 62.2 cm³/mol. The molecule has 0 aliphatic rings. The van der Waals surface area contributed by atoms with Crippen LogP contribution in [-0.4, -0.2) is 25.3 Å². The van der Waals surface area contributed by atoms with Crippen molar-refractivity contribution in [3.05, 3.63) is 42.7 Å². The van der Waals surface area contributed by atoms with E-state index < -0.39 is 0 Å². The van der Waals surface area contributed by atoms with Crippen LogP contribution in [0.1, 0.15) is 0 Å². The number of aromatic hydroxyl groups is 1. The Labute approximate surface area is 96.8 Å². The Morgan fingerprint density at radius 1 is 0.941 bits per heavy atom. The van der Waals surface area contributed by atoms with Crippen molar-refractivity contribution < 1.29 is 5.11 Å². The van der Waals surface area contributed by atoms with Crippen LogP contribution in [0.2, 0.25) is 0 Å². The molecule has 0 bridgehead atoms. The molecule has 0 atom stereocenters. The molecule has 1 aromatic carbocycles. The number of phenols is 1. The molecule has 0 saturated heterocycles. The summed E-state index contributed by atoms with van der Waals surface area (Å²) in [6.07, 6.45) is 3.26. The van der Waals surface area contributed by atoms with E-state index in [4.69, 9.17) is 0 Å².